The van der Waals surface area contributed by atoms with E-state index in [4.69, 9.17) is 5.02 Å². The van der Waals surface area contributed by atoms with Crippen LogP contribution in [0.3, 0.4) is 0 Å². The molecule has 0 fully saturated rings. The first kappa shape index (κ1) is 10.9. The van der Waals surface area contributed by atoms with E-state index in [1.54, 1.807) is 0 Å². The molecule has 0 atom stereocenters. The lowest BCUT2D eigenvalue weighted by molar-refractivity contribution is -0.274. The summed E-state index contributed by atoms with van der Waals surface area (Å²) in [6.07, 6.45) is -4.69. The van der Waals surface area contributed by atoms with Crippen molar-refractivity contribution in [3.05, 3.63) is 23.8 Å². The number of benzene rings is 1. The first-order valence-corrected chi connectivity index (χ1v) is 3.76. The molecule has 0 bridgehead atoms. The Morgan fingerprint density at radius 1 is 1.36 bits per heavy atom. The van der Waals surface area contributed by atoms with E-state index >= 15 is 0 Å². The zero-order valence-corrected chi connectivity index (χ0v) is 7.30. The van der Waals surface area contributed by atoms with Crippen LogP contribution in [-0.4, -0.2) is 18.9 Å². The summed E-state index contributed by atoms with van der Waals surface area (Å²) in [5.74, 6) is -0.261. The van der Waals surface area contributed by atoms with Crippen LogP contribution in [-0.2, 0) is 0 Å². The van der Waals surface area contributed by atoms with Crippen LogP contribution in [0.2, 0.25) is 0 Å². The van der Waals surface area contributed by atoms with Crippen LogP contribution in [0, 0.1) is 6.92 Å². The Morgan fingerprint density at radius 2 is 2.00 bits per heavy atom. The average molecular weight is 203 g/mol. The van der Waals surface area contributed by atoms with Gasteiger partial charge in [-0.3, -0.25) is 0 Å². The highest BCUT2D eigenvalue weighted by atomic mass is 19.4. The largest absolute Gasteiger partial charge is 0.573 e. The number of hydrogen-bond donors (Lipinski definition) is 1. The van der Waals surface area contributed by atoms with E-state index in [1.165, 1.54) is 19.1 Å². The number of ether oxygens (including phenoxy) is 1. The summed E-state index contributed by atoms with van der Waals surface area (Å²) in [7, 11) is 0.810. The number of alkyl halides is 3. The van der Waals surface area contributed by atoms with Gasteiger partial charge in [0.25, 0.3) is 0 Å². The molecule has 14 heavy (non-hydrogen) atoms. The van der Waals surface area contributed by atoms with Crippen molar-refractivity contribution in [3.63, 3.8) is 0 Å². The van der Waals surface area contributed by atoms with Gasteiger partial charge in [-0.05, 0) is 18.6 Å². The van der Waals surface area contributed by atoms with Crippen molar-refractivity contribution in [1.82, 2.24) is 0 Å². The van der Waals surface area contributed by atoms with Crippen LogP contribution in [0.25, 0.3) is 0 Å². The number of aryl methyl sites for hydroxylation is 1. The molecule has 0 aliphatic heterocycles. The van der Waals surface area contributed by atoms with Crippen molar-refractivity contribution in [2.24, 2.45) is 0 Å². The SMILES string of the molecule is Cc1cc([B]O)ccc1OC(F)(F)F. The molecule has 0 heterocycles. The second-order valence-electron chi connectivity index (χ2n) is 2.70. The van der Waals surface area contributed by atoms with E-state index < -0.39 is 6.36 Å². The van der Waals surface area contributed by atoms with Crippen molar-refractivity contribution < 1.29 is 22.9 Å². The lowest BCUT2D eigenvalue weighted by Crippen LogP contribution is -2.19. The molecule has 0 aliphatic carbocycles. The average Bonchev–Trinajstić information content (AvgIpc) is 2.06. The highest BCUT2D eigenvalue weighted by Crippen LogP contribution is 2.24. The number of rotatable bonds is 2. The third-order valence-corrected chi connectivity index (χ3v) is 1.57. The van der Waals surface area contributed by atoms with Gasteiger partial charge in [0.2, 0.25) is 0 Å². The molecule has 1 aromatic carbocycles. The summed E-state index contributed by atoms with van der Waals surface area (Å²) in [6, 6.07) is 3.88. The zero-order chi connectivity index (χ0) is 10.8. The Hall–Kier alpha value is -1.17. The third kappa shape index (κ3) is 2.95. The standard InChI is InChI=1S/C8H7BF3O2/c1-5-4-6(9-13)2-3-7(5)14-8(10,11)12/h2-4,13H,1H3. The lowest BCUT2D eigenvalue weighted by atomic mass is 9.88. The predicted molar refractivity (Wildman–Crippen MR) is 45.5 cm³/mol. The molecule has 0 amide bonds. The maximum Gasteiger partial charge on any atom is 0.573 e. The Balaban J connectivity index is 2.89. The highest BCUT2D eigenvalue weighted by Gasteiger charge is 2.31. The van der Waals surface area contributed by atoms with Gasteiger partial charge in [-0.25, -0.2) is 0 Å². The molecule has 0 spiro atoms. The van der Waals surface area contributed by atoms with E-state index in [1.807, 2.05) is 0 Å². The molecule has 0 unspecified atom stereocenters. The maximum atomic E-state index is 11.8. The quantitative estimate of drug-likeness (QED) is 0.730. The van der Waals surface area contributed by atoms with Crippen molar-refractivity contribution in [3.8, 4) is 5.75 Å². The van der Waals surface area contributed by atoms with Crippen molar-refractivity contribution in [1.29, 1.82) is 0 Å². The molecule has 1 rings (SSSR count). The normalized spacial score (nSPS) is 11.2. The van der Waals surface area contributed by atoms with Crippen molar-refractivity contribution in [2.75, 3.05) is 0 Å². The molecule has 1 N–H and O–H groups in total. The maximum absolute atomic E-state index is 11.8. The Kier molecular flexibility index (Phi) is 3.05. The van der Waals surface area contributed by atoms with Crippen LogP contribution in [0.1, 0.15) is 5.56 Å². The molecule has 2 nitrogen and oxygen atoms in total. The highest BCUT2D eigenvalue weighted by molar-refractivity contribution is 6.45. The Bertz CT molecular complexity index is 325. The number of hydrogen-bond acceptors (Lipinski definition) is 2. The second kappa shape index (κ2) is 3.92. The van der Waals surface area contributed by atoms with E-state index in [2.05, 4.69) is 4.74 Å². The van der Waals surface area contributed by atoms with Gasteiger partial charge in [0.05, 0.1) is 0 Å². The first-order valence-electron chi connectivity index (χ1n) is 3.76. The van der Waals surface area contributed by atoms with Crippen LogP contribution >= 0.6 is 0 Å². The lowest BCUT2D eigenvalue weighted by Gasteiger charge is -2.11. The molecule has 6 heteroatoms. The topological polar surface area (TPSA) is 29.5 Å². The van der Waals surface area contributed by atoms with Crippen molar-refractivity contribution >= 4 is 12.9 Å². The minimum Gasteiger partial charge on any atom is -0.450 e. The summed E-state index contributed by atoms with van der Waals surface area (Å²) < 4.78 is 39.2. The van der Waals surface area contributed by atoms with Gasteiger partial charge in [0, 0.05) is 0 Å². The Labute approximate surface area is 79.6 Å². The molecule has 1 radical (unpaired) electrons. The Morgan fingerprint density at radius 3 is 2.43 bits per heavy atom. The molecule has 75 valence electrons. The van der Waals surface area contributed by atoms with Crippen LogP contribution in [0.5, 0.6) is 5.75 Å². The third-order valence-electron chi connectivity index (χ3n) is 1.57. The monoisotopic (exact) mass is 203 g/mol. The van der Waals surface area contributed by atoms with Gasteiger partial charge in [-0.15, -0.1) is 13.2 Å². The minimum atomic E-state index is -4.69. The van der Waals surface area contributed by atoms with Gasteiger partial charge in [0.1, 0.15) is 5.75 Å². The van der Waals surface area contributed by atoms with Crippen LogP contribution in [0.4, 0.5) is 13.2 Å². The molecule has 0 aromatic heterocycles. The number of halogens is 3. The summed E-state index contributed by atoms with van der Waals surface area (Å²) in [5.41, 5.74) is 0.738. The smallest absolute Gasteiger partial charge is 0.450 e. The minimum absolute atomic E-state index is 0.261. The first-order chi connectivity index (χ1) is 6.42. The molecule has 0 aliphatic rings. The molecule has 1 aromatic rings. The molecule has 0 saturated heterocycles. The fourth-order valence-electron chi connectivity index (χ4n) is 0.992. The molecular weight excluding hydrogens is 196 g/mol. The van der Waals surface area contributed by atoms with Crippen LogP contribution in [0.15, 0.2) is 18.2 Å². The van der Waals surface area contributed by atoms with Gasteiger partial charge >= 0.3 is 13.8 Å². The van der Waals surface area contributed by atoms with E-state index in [0.29, 0.717) is 11.0 Å². The fourth-order valence-corrected chi connectivity index (χ4v) is 0.992. The predicted octanol–water partition coefficient (Wildman–Crippen LogP) is 1.13. The van der Waals surface area contributed by atoms with Gasteiger partial charge in [-0.1, -0.05) is 17.6 Å². The van der Waals surface area contributed by atoms with Gasteiger partial charge in [-0.2, -0.15) is 0 Å². The van der Waals surface area contributed by atoms with Gasteiger partial charge < -0.3 is 9.76 Å². The van der Waals surface area contributed by atoms with E-state index in [9.17, 15) is 13.2 Å². The van der Waals surface area contributed by atoms with Crippen molar-refractivity contribution in [2.45, 2.75) is 13.3 Å². The molecule has 0 saturated carbocycles. The van der Waals surface area contributed by atoms with Crippen LogP contribution < -0.4 is 10.2 Å². The summed E-state index contributed by atoms with van der Waals surface area (Å²) >= 11 is 0. The van der Waals surface area contributed by atoms with Gasteiger partial charge in [0.15, 0.2) is 0 Å². The summed E-state index contributed by atoms with van der Waals surface area (Å²) in [5, 5.41) is 8.60. The summed E-state index contributed by atoms with van der Waals surface area (Å²) in [6.45, 7) is 1.47. The molecular formula is C8H7BF3O2. The summed E-state index contributed by atoms with van der Waals surface area (Å²) in [4.78, 5) is 0. The fraction of sp³-hybridized carbons (Fsp3) is 0.250. The van der Waals surface area contributed by atoms with E-state index in [-0.39, 0.29) is 5.75 Å². The van der Waals surface area contributed by atoms with E-state index in [0.717, 1.165) is 13.5 Å². The zero-order valence-electron chi connectivity index (χ0n) is 7.30. The second-order valence-corrected chi connectivity index (χ2v) is 2.70.